The van der Waals surface area contributed by atoms with Crippen LogP contribution < -0.4 is 0 Å². The topological polar surface area (TPSA) is 52.5 Å². The lowest BCUT2D eigenvalue weighted by atomic mass is 10.2. The molecule has 0 bridgehead atoms. The number of nitrogens with one attached hydrogen (secondary N) is 1. The highest BCUT2D eigenvalue weighted by Gasteiger charge is 2.03. The summed E-state index contributed by atoms with van der Waals surface area (Å²) in [6.45, 7) is 0. The molecule has 16 heavy (non-hydrogen) atoms. The number of halogens is 1. The maximum atomic E-state index is 8.46. The largest absolute Gasteiger partial charge is 0.333 e. The Labute approximate surface area is 106 Å². The first kappa shape index (κ1) is 11.2. The van der Waals surface area contributed by atoms with Crippen LogP contribution in [0.2, 0.25) is 0 Å². The molecule has 0 amide bonds. The number of benzene rings is 1. The fourth-order valence-electron chi connectivity index (χ4n) is 1.25. The van der Waals surface area contributed by atoms with E-state index in [-0.39, 0.29) is 0 Å². The summed E-state index contributed by atoms with van der Waals surface area (Å²) in [5, 5.41) is 9.24. The summed E-state index contributed by atoms with van der Waals surface area (Å²) in [6.07, 6.45) is 1.78. The zero-order valence-corrected chi connectivity index (χ0v) is 10.7. The van der Waals surface area contributed by atoms with E-state index >= 15 is 0 Å². The van der Waals surface area contributed by atoms with Gasteiger partial charge in [-0.25, -0.2) is 4.98 Å². The van der Waals surface area contributed by atoms with Gasteiger partial charge in [0.1, 0.15) is 0 Å². The number of hydrogen-bond acceptors (Lipinski definition) is 3. The Kier molecular flexibility index (Phi) is 3.65. The fourth-order valence-corrected chi connectivity index (χ4v) is 2.03. The van der Waals surface area contributed by atoms with Crippen molar-refractivity contribution in [3.8, 4) is 17.3 Å². The summed E-state index contributed by atoms with van der Waals surface area (Å²) in [4.78, 5) is 7.37. The first-order valence-electron chi connectivity index (χ1n) is 4.60. The summed E-state index contributed by atoms with van der Waals surface area (Å²) in [6, 6.07) is 10.1. The third kappa shape index (κ3) is 2.65. The molecule has 0 saturated carbocycles. The minimum absolute atomic E-state index is 0.410. The second-order valence-corrected chi connectivity index (χ2v) is 4.94. The number of H-pyrrole nitrogens is 1. The van der Waals surface area contributed by atoms with E-state index in [4.69, 9.17) is 5.26 Å². The standard InChI is InChI=1S/C11H8BrN3S/c12-9-3-1-8(2-4-9)10-7-14-11(15-10)16-6-5-13/h1-4,7H,6H2,(H,14,15). The molecule has 1 heterocycles. The van der Waals surface area contributed by atoms with Crippen LogP contribution in [0.15, 0.2) is 40.1 Å². The Balaban J connectivity index is 2.18. The van der Waals surface area contributed by atoms with Gasteiger partial charge in [0, 0.05) is 4.47 Å². The van der Waals surface area contributed by atoms with Gasteiger partial charge in [0.05, 0.1) is 23.7 Å². The minimum Gasteiger partial charge on any atom is -0.333 e. The third-order valence-corrected chi connectivity index (χ3v) is 3.26. The Hall–Kier alpha value is -1.25. The lowest BCUT2D eigenvalue weighted by molar-refractivity contribution is 1.06. The molecule has 0 unspecified atom stereocenters. The van der Waals surface area contributed by atoms with Gasteiger partial charge in [-0.3, -0.25) is 0 Å². The molecule has 3 nitrogen and oxygen atoms in total. The summed E-state index contributed by atoms with van der Waals surface area (Å²) in [5.41, 5.74) is 2.05. The lowest BCUT2D eigenvalue weighted by Gasteiger charge is -1.96. The maximum Gasteiger partial charge on any atom is 0.166 e. The van der Waals surface area contributed by atoms with Crippen LogP contribution in [0, 0.1) is 11.3 Å². The summed E-state index contributed by atoms with van der Waals surface area (Å²) in [5.74, 6) is 0.410. The van der Waals surface area contributed by atoms with Crippen molar-refractivity contribution in [3.63, 3.8) is 0 Å². The maximum absolute atomic E-state index is 8.46. The van der Waals surface area contributed by atoms with E-state index in [1.165, 1.54) is 11.8 Å². The monoisotopic (exact) mass is 293 g/mol. The third-order valence-electron chi connectivity index (χ3n) is 1.98. The van der Waals surface area contributed by atoms with Crippen molar-refractivity contribution in [2.45, 2.75) is 5.16 Å². The number of imidazole rings is 1. The van der Waals surface area contributed by atoms with Crippen molar-refractivity contribution < 1.29 is 0 Å². The molecule has 0 spiro atoms. The van der Waals surface area contributed by atoms with Gasteiger partial charge >= 0.3 is 0 Å². The molecule has 2 aromatic rings. The number of nitrogens with zero attached hydrogens (tertiary/aromatic N) is 2. The average Bonchev–Trinajstić information content (AvgIpc) is 2.76. The minimum atomic E-state index is 0.410. The Morgan fingerprint density at radius 2 is 2.12 bits per heavy atom. The van der Waals surface area contributed by atoms with Crippen molar-refractivity contribution >= 4 is 27.7 Å². The highest BCUT2D eigenvalue weighted by Crippen LogP contribution is 2.22. The molecule has 0 aliphatic rings. The van der Waals surface area contributed by atoms with Gasteiger partial charge in [-0.1, -0.05) is 39.8 Å². The van der Waals surface area contributed by atoms with Gasteiger partial charge in [0.15, 0.2) is 5.16 Å². The van der Waals surface area contributed by atoms with Gasteiger partial charge in [-0.05, 0) is 17.7 Å². The molecule has 1 aromatic carbocycles. The molecule has 1 aromatic heterocycles. The van der Waals surface area contributed by atoms with Gasteiger partial charge in [0.2, 0.25) is 0 Å². The van der Waals surface area contributed by atoms with Crippen LogP contribution in [0.4, 0.5) is 0 Å². The van der Waals surface area contributed by atoms with Crippen LogP contribution in [-0.2, 0) is 0 Å². The number of aromatic amines is 1. The van der Waals surface area contributed by atoms with E-state index in [1.54, 1.807) is 6.20 Å². The predicted molar refractivity (Wildman–Crippen MR) is 68.1 cm³/mol. The van der Waals surface area contributed by atoms with Crippen molar-refractivity contribution in [2.75, 3.05) is 5.75 Å². The van der Waals surface area contributed by atoms with Crippen LogP contribution >= 0.6 is 27.7 Å². The van der Waals surface area contributed by atoms with Crippen LogP contribution in [-0.4, -0.2) is 15.7 Å². The fraction of sp³-hybridized carbons (Fsp3) is 0.0909. The predicted octanol–water partition coefficient (Wildman–Crippen LogP) is 3.45. The summed E-state index contributed by atoms with van der Waals surface area (Å²) in [7, 11) is 0. The van der Waals surface area contributed by atoms with Crippen LogP contribution in [0.3, 0.4) is 0 Å². The molecule has 0 fully saturated rings. The first-order chi connectivity index (χ1) is 7.79. The van der Waals surface area contributed by atoms with Gasteiger partial charge in [0.25, 0.3) is 0 Å². The van der Waals surface area contributed by atoms with Crippen molar-refractivity contribution in [3.05, 3.63) is 34.9 Å². The molecule has 0 atom stereocenters. The highest BCUT2D eigenvalue weighted by atomic mass is 79.9. The van der Waals surface area contributed by atoms with Crippen molar-refractivity contribution in [1.82, 2.24) is 9.97 Å². The summed E-state index contributed by atoms with van der Waals surface area (Å²) >= 11 is 4.79. The quantitative estimate of drug-likeness (QED) is 0.882. The second-order valence-electron chi connectivity index (χ2n) is 3.06. The number of hydrogen-bond donors (Lipinski definition) is 1. The normalized spacial score (nSPS) is 10.0. The van der Waals surface area contributed by atoms with E-state index in [0.29, 0.717) is 5.75 Å². The summed E-state index contributed by atoms with van der Waals surface area (Å²) < 4.78 is 1.05. The molecule has 80 valence electrons. The molecule has 0 saturated heterocycles. The Bertz CT molecular complexity index is 513. The smallest absolute Gasteiger partial charge is 0.166 e. The average molecular weight is 294 g/mol. The van der Waals surface area contributed by atoms with E-state index in [9.17, 15) is 0 Å². The van der Waals surface area contributed by atoms with Gasteiger partial charge in [-0.15, -0.1) is 0 Å². The molecule has 0 aliphatic heterocycles. The number of nitriles is 1. The lowest BCUT2D eigenvalue weighted by Crippen LogP contribution is -1.78. The van der Waals surface area contributed by atoms with E-state index in [0.717, 1.165) is 20.9 Å². The number of thioether (sulfide) groups is 1. The first-order valence-corrected chi connectivity index (χ1v) is 6.38. The van der Waals surface area contributed by atoms with Crippen LogP contribution in [0.1, 0.15) is 0 Å². The molecule has 0 radical (unpaired) electrons. The van der Waals surface area contributed by atoms with Gasteiger partial charge in [-0.2, -0.15) is 5.26 Å². The number of aromatic nitrogens is 2. The molecular weight excluding hydrogens is 286 g/mol. The SMILES string of the molecule is N#CCSc1ncc(-c2ccc(Br)cc2)[nH]1. The number of rotatable bonds is 3. The Morgan fingerprint density at radius 1 is 1.38 bits per heavy atom. The molecule has 1 N–H and O–H groups in total. The Morgan fingerprint density at radius 3 is 2.81 bits per heavy atom. The van der Waals surface area contributed by atoms with Crippen molar-refractivity contribution in [1.29, 1.82) is 5.26 Å². The van der Waals surface area contributed by atoms with Crippen LogP contribution in [0.25, 0.3) is 11.3 Å². The zero-order valence-electron chi connectivity index (χ0n) is 8.27. The molecule has 0 aliphatic carbocycles. The van der Waals surface area contributed by atoms with E-state index < -0.39 is 0 Å². The van der Waals surface area contributed by atoms with E-state index in [1.807, 2.05) is 24.3 Å². The van der Waals surface area contributed by atoms with Crippen molar-refractivity contribution in [2.24, 2.45) is 0 Å². The molecule has 2 rings (SSSR count). The molecule has 5 heteroatoms. The van der Waals surface area contributed by atoms with Crippen LogP contribution in [0.5, 0.6) is 0 Å². The van der Waals surface area contributed by atoms with Gasteiger partial charge < -0.3 is 4.98 Å². The van der Waals surface area contributed by atoms with E-state index in [2.05, 4.69) is 32.0 Å². The zero-order chi connectivity index (χ0) is 11.4. The molecular formula is C11H8BrN3S. The second kappa shape index (κ2) is 5.19. The highest BCUT2D eigenvalue weighted by molar-refractivity contribution is 9.10.